The van der Waals surface area contributed by atoms with Crippen molar-refractivity contribution in [2.24, 2.45) is 0 Å². The van der Waals surface area contributed by atoms with Crippen LogP contribution in [0.4, 0.5) is 0 Å². The Morgan fingerprint density at radius 3 is 2.78 bits per heavy atom. The molecule has 1 aromatic carbocycles. The summed E-state index contributed by atoms with van der Waals surface area (Å²) in [6.07, 6.45) is 0. The number of amides is 2. The van der Waals surface area contributed by atoms with Crippen molar-refractivity contribution in [3.8, 4) is 5.75 Å². The molecule has 0 bridgehead atoms. The predicted octanol–water partition coefficient (Wildman–Crippen LogP) is 0.309. The summed E-state index contributed by atoms with van der Waals surface area (Å²) in [6, 6.07) is 8.20. The Balaban J connectivity index is 1.55. The number of ether oxygens (including phenoxy) is 1. The van der Waals surface area contributed by atoms with E-state index in [-0.39, 0.29) is 17.9 Å². The van der Waals surface area contributed by atoms with Gasteiger partial charge in [-0.3, -0.25) is 9.59 Å². The van der Waals surface area contributed by atoms with Gasteiger partial charge in [0.1, 0.15) is 22.7 Å². The van der Waals surface area contributed by atoms with Crippen molar-refractivity contribution in [1.82, 2.24) is 10.2 Å². The summed E-state index contributed by atoms with van der Waals surface area (Å²) >= 11 is 1.36. The molecule has 0 radical (unpaired) electrons. The van der Waals surface area contributed by atoms with E-state index in [0.29, 0.717) is 11.5 Å². The lowest BCUT2D eigenvalue weighted by atomic mass is 9.95. The van der Waals surface area contributed by atoms with Crippen molar-refractivity contribution in [2.45, 2.75) is 23.9 Å². The summed E-state index contributed by atoms with van der Waals surface area (Å²) in [6.45, 7) is 1.33. The summed E-state index contributed by atoms with van der Waals surface area (Å²) in [5.41, 5.74) is -1.20. The van der Waals surface area contributed by atoms with E-state index < -0.39 is 23.5 Å². The topological polar surface area (TPSA) is 95.9 Å². The first kappa shape index (κ1) is 15.7. The molecule has 2 N–H and O–H groups in total. The average molecular weight is 336 g/mol. The molecule has 2 aliphatic rings. The van der Waals surface area contributed by atoms with Gasteiger partial charge < -0.3 is 20.1 Å². The summed E-state index contributed by atoms with van der Waals surface area (Å²) in [4.78, 5) is 36.8. The summed E-state index contributed by atoms with van der Waals surface area (Å²) in [5, 5.41) is 11.6. The van der Waals surface area contributed by atoms with E-state index in [1.165, 1.54) is 23.6 Å². The molecule has 3 atom stereocenters. The summed E-state index contributed by atoms with van der Waals surface area (Å²) in [7, 11) is 0. The number of nitrogens with one attached hydrogen (secondary N) is 1. The molecule has 3 rings (SSSR count). The van der Waals surface area contributed by atoms with E-state index in [1.807, 2.05) is 6.07 Å². The van der Waals surface area contributed by atoms with Crippen LogP contribution in [0.5, 0.6) is 5.75 Å². The first-order valence-electron chi connectivity index (χ1n) is 7.09. The Labute approximate surface area is 137 Å². The molecule has 2 heterocycles. The van der Waals surface area contributed by atoms with Gasteiger partial charge in [0, 0.05) is 5.75 Å². The molecule has 0 aromatic heterocycles. The van der Waals surface area contributed by atoms with E-state index >= 15 is 0 Å². The van der Waals surface area contributed by atoms with Crippen LogP contribution in [0.2, 0.25) is 0 Å². The molecule has 2 aliphatic heterocycles. The number of rotatable bonds is 5. The van der Waals surface area contributed by atoms with E-state index in [9.17, 15) is 19.5 Å². The number of carboxylic acid groups (broad SMARTS) is 1. The van der Waals surface area contributed by atoms with Gasteiger partial charge in [0.15, 0.2) is 6.61 Å². The fourth-order valence-electron chi connectivity index (χ4n) is 2.65. The molecule has 7 nitrogen and oxygen atoms in total. The van der Waals surface area contributed by atoms with Crippen LogP contribution in [0, 0.1) is 0 Å². The van der Waals surface area contributed by atoms with Crippen molar-refractivity contribution >= 4 is 29.5 Å². The Kier molecular flexibility index (Phi) is 3.93. The summed E-state index contributed by atoms with van der Waals surface area (Å²) < 4.78 is 5.33. The van der Waals surface area contributed by atoms with Gasteiger partial charge in [0.25, 0.3) is 5.91 Å². The molecule has 2 amide bonds. The van der Waals surface area contributed by atoms with E-state index in [0.717, 1.165) is 0 Å². The van der Waals surface area contributed by atoms with Crippen LogP contribution in [0.3, 0.4) is 0 Å². The number of carbonyl (C=O) groups excluding carboxylic acids is 2. The van der Waals surface area contributed by atoms with E-state index in [4.69, 9.17) is 4.74 Å². The fraction of sp³-hybridized carbons (Fsp3) is 0.400. The number of benzene rings is 1. The lowest BCUT2D eigenvalue weighted by Crippen LogP contribution is -2.73. The van der Waals surface area contributed by atoms with E-state index in [1.54, 1.807) is 24.3 Å². The SMILES string of the molecule is CC1(C(=O)O)CSC2C(NC(=O)COc3ccccc3)C(=O)N21. The second kappa shape index (κ2) is 5.77. The smallest absolute Gasteiger partial charge is 0.330 e. The number of para-hydroxylation sites is 1. The zero-order valence-electron chi connectivity index (χ0n) is 12.4. The molecule has 0 spiro atoms. The third-order valence-corrected chi connectivity index (χ3v) is 5.55. The normalized spacial score (nSPS) is 28.7. The van der Waals surface area contributed by atoms with Gasteiger partial charge in [-0.25, -0.2) is 4.79 Å². The van der Waals surface area contributed by atoms with Crippen LogP contribution < -0.4 is 10.1 Å². The van der Waals surface area contributed by atoms with Crippen LogP contribution >= 0.6 is 11.8 Å². The zero-order chi connectivity index (χ0) is 16.6. The largest absolute Gasteiger partial charge is 0.484 e. The summed E-state index contributed by atoms with van der Waals surface area (Å²) in [5.74, 6) is -0.920. The molecule has 122 valence electrons. The van der Waals surface area contributed by atoms with Gasteiger partial charge in [-0.15, -0.1) is 11.8 Å². The first-order valence-corrected chi connectivity index (χ1v) is 8.14. The number of hydrogen-bond donors (Lipinski definition) is 2. The number of thioether (sulfide) groups is 1. The van der Waals surface area contributed by atoms with Gasteiger partial charge in [-0.05, 0) is 19.1 Å². The van der Waals surface area contributed by atoms with Crippen LogP contribution in [0.15, 0.2) is 30.3 Å². The minimum atomic E-state index is -1.20. The highest BCUT2D eigenvalue weighted by Gasteiger charge is 2.63. The monoisotopic (exact) mass is 336 g/mol. The van der Waals surface area contributed by atoms with E-state index in [2.05, 4.69) is 5.32 Å². The second-order valence-electron chi connectivity index (χ2n) is 5.64. The molecule has 0 saturated carbocycles. The molecule has 2 saturated heterocycles. The van der Waals surface area contributed by atoms with Gasteiger partial charge in [0.05, 0.1) is 0 Å². The number of carbonyl (C=O) groups is 3. The van der Waals surface area contributed by atoms with Crippen molar-refractivity contribution in [2.75, 3.05) is 12.4 Å². The Hall–Kier alpha value is -2.22. The molecular formula is C15H16N2O5S. The highest BCUT2D eigenvalue weighted by Crippen LogP contribution is 2.45. The third-order valence-electron chi connectivity index (χ3n) is 4.00. The highest BCUT2D eigenvalue weighted by molar-refractivity contribution is 8.00. The van der Waals surface area contributed by atoms with Crippen LogP contribution in [0.25, 0.3) is 0 Å². The lowest BCUT2D eigenvalue weighted by Gasteiger charge is -2.47. The van der Waals surface area contributed by atoms with Gasteiger partial charge >= 0.3 is 5.97 Å². The number of nitrogens with zero attached hydrogens (tertiary/aromatic N) is 1. The van der Waals surface area contributed by atoms with Crippen molar-refractivity contribution in [3.05, 3.63) is 30.3 Å². The quantitative estimate of drug-likeness (QED) is 0.751. The molecule has 0 aliphatic carbocycles. The lowest BCUT2D eigenvalue weighted by molar-refractivity contribution is -0.167. The van der Waals surface area contributed by atoms with Gasteiger partial charge in [-0.1, -0.05) is 18.2 Å². The number of fused-ring (bicyclic) bond motifs is 1. The predicted molar refractivity (Wildman–Crippen MR) is 83.0 cm³/mol. The number of carboxylic acids is 1. The minimum Gasteiger partial charge on any atom is -0.484 e. The molecule has 23 heavy (non-hydrogen) atoms. The molecule has 2 fully saturated rings. The van der Waals surface area contributed by atoms with Gasteiger partial charge in [-0.2, -0.15) is 0 Å². The third kappa shape index (κ3) is 2.63. The minimum absolute atomic E-state index is 0.193. The van der Waals surface area contributed by atoms with Crippen molar-refractivity contribution in [3.63, 3.8) is 0 Å². The maximum absolute atomic E-state index is 12.2. The van der Waals surface area contributed by atoms with Crippen molar-refractivity contribution in [1.29, 1.82) is 0 Å². The maximum atomic E-state index is 12.2. The Morgan fingerprint density at radius 2 is 2.13 bits per heavy atom. The van der Waals surface area contributed by atoms with Crippen LogP contribution in [-0.2, 0) is 14.4 Å². The first-order chi connectivity index (χ1) is 10.9. The molecule has 8 heteroatoms. The fourth-order valence-corrected chi connectivity index (χ4v) is 4.28. The molecule has 3 unspecified atom stereocenters. The molecule has 1 aromatic rings. The number of aliphatic carboxylic acids is 1. The van der Waals surface area contributed by atoms with Crippen LogP contribution in [-0.4, -0.2) is 57.1 Å². The maximum Gasteiger partial charge on any atom is 0.330 e. The Bertz CT molecular complexity index is 653. The molecular weight excluding hydrogens is 320 g/mol. The number of β-lactam (4-membered cyclic amide) rings is 1. The standard InChI is InChI=1S/C15H16N2O5S/c1-15(14(20)21)8-23-13-11(12(19)17(13)15)16-10(18)7-22-9-5-3-2-4-6-9/h2-6,11,13H,7-8H2,1H3,(H,16,18)(H,20,21). The van der Waals surface area contributed by atoms with Gasteiger partial charge in [0.2, 0.25) is 5.91 Å². The number of hydrogen-bond acceptors (Lipinski definition) is 5. The second-order valence-corrected chi connectivity index (χ2v) is 6.74. The zero-order valence-corrected chi connectivity index (χ0v) is 13.2. The average Bonchev–Trinajstić information content (AvgIpc) is 2.86. The highest BCUT2D eigenvalue weighted by atomic mass is 32.2. The van der Waals surface area contributed by atoms with Crippen molar-refractivity contribution < 1.29 is 24.2 Å². The Morgan fingerprint density at radius 1 is 1.43 bits per heavy atom. The van der Waals surface area contributed by atoms with Crippen LogP contribution in [0.1, 0.15) is 6.92 Å².